The lowest BCUT2D eigenvalue weighted by Crippen LogP contribution is -2.40. The maximum absolute atomic E-state index is 12.4. The number of amides is 1. The van der Waals surface area contributed by atoms with Gasteiger partial charge in [0.05, 0.1) is 6.26 Å². The minimum absolute atomic E-state index is 0.0331. The molecule has 1 saturated carbocycles. The van der Waals surface area contributed by atoms with Gasteiger partial charge in [0.2, 0.25) is 0 Å². The Hall–Kier alpha value is -2.14. The van der Waals surface area contributed by atoms with Crippen LogP contribution in [0.2, 0.25) is 0 Å². The van der Waals surface area contributed by atoms with Gasteiger partial charge in [-0.05, 0) is 61.4 Å². The van der Waals surface area contributed by atoms with Crippen LogP contribution in [0.5, 0.6) is 0 Å². The van der Waals surface area contributed by atoms with Crippen LogP contribution >= 0.6 is 0 Å². The van der Waals surface area contributed by atoms with E-state index >= 15 is 0 Å². The highest BCUT2D eigenvalue weighted by molar-refractivity contribution is 5.91. The standard InChI is InChI=1S/C20H25N3O2/c1-22(14-16-4-2-8-21-13-16)15-17-12-20(17)6-9-23(10-7-20)19(24)18-5-3-11-25-18/h2-5,8,11,13,17H,6-7,9-10,12,14-15H2,1H3/t17-/m1/s1. The van der Waals surface area contributed by atoms with Crippen molar-refractivity contribution in [3.05, 3.63) is 54.2 Å². The van der Waals surface area contributed by atoms with Crippen LogP contribution in [0.1, 0.15) is 35.4 Å². The Bertz CT molecular complexity index is 706. The third kappa shape index (κ3) is 3.47. The van der Waals surface area contributed by atoms with Gasteiger partial charge in [0.1, 0.15) is 0 Å². The molecular weight excluding hydrogens is 314 g/mol. The van der Waals surface area contributed by atoms with Crippen molar-refractivity contribution in [2.75, 3.05) is 26.7 Å². The number of nitrogens with zero attached hydrogens (tertiary/aromatic N) is 3. The summed E-state index contributed by atoms with van der Waals surface area (Å²) >= 11 is 0. The van der Waals surface area contributed by atoms with Crippen molar-refractivity contribution < 1.29 is 9.21 Å². The number of carbonyl (C=O) groups is 1. The van der Waals surface area contributed by atoms with Crippen LogP contribution in [0.15, 0.2) is 47.3 Å². The van der Waals surface area contributed by atoms with Crippen LogP contribution in [0.4, 0.5) is 0 Å². The van der Waals surface area contributed by atoms with E-state index in [1.54, 1.807) is 18.4 Å². The fourth-order valence-electron chi connectivity index (χ4n) is 4.26. The molecule has 1 atom stereocenters. The van der Waals surface area contributed by atoms with Crippen LogP contribution in [0.25, 0.3) is 0 Å². The summed E-state index contributed by atoms with van der Waals surface area (Å²) in [6, 6.07) is 7.65. The van der Waals surface area contributed by atoms with Gasteiger partial charge >= 0.3 is 0 Å². The maximum atomic E-state index is 12.4. The lowest BCUT2D eigenvalue weighted by Gasteiger charge is -2.33. The highest BCUT2D eigenvalue weighted by Gasteiger charge is 2.55. The molecule has 25 heavy (non-hydrogen) atoms. The lowest BCUT2D eigenvalue weighted by atomic mass is 9.90. The van der Waals surface area contributed by atoms with E-state index in [0.717, 1.165) is 44.9 Å². The number of hydrogen-bond acceptors (Lipinski definition) is 4. The fraction of sp³-hybridized carbons (Fsp3) is 0.500. The second-order valence-corrected chi connectivity index (χ2v) is 7.59. The molecule has 0 N–H and O–H groups in total. The van der Waals surface area contributed by atoms with Gasteiger partial charge in [0.15, 0.2) is 5.76 Å². The molecule has 1 aliphatic carbocycles. The number of pyridine rings is 1. The first-order chi connectivity index (χ1) is 12.2. The summed E-state index contributed by atoms with van der Waals surface area (Å²) in [7, 11) is 2.19. The Balaban J connectivity index is 1.26. The van der Waals surface area contributed by atoms with Gasteiger partial charge in [-0.25, -0.2) is 0 Å². The van der Waals surface area contributed by atoms with Crippen LogP contribution < -0.4 is 0 Å². The number of hydrogen-bond donors (Lipinski definition) is 0. The minimum Gasteiger partial charge on any atom is -0.459 e. The molecule has 2 aromatic rings. The number of carbonyl (C=O) groups excluding carboxylic acids is 1. The molecule has 1 saturated heterocycles. The Kier molecular flexibility index (Phi) is 4.34. The number of aromatic nitrogens is 1. The second kappa shape index (κ2) is 6.64. The van der Waals surface area contributed by atoms with E-state index in [2.05, 4.69) is 23.0 Å². The third-order valence-corrected chi connectivity index (χ3v) is 5.84. The Morgan fingerprint density at radius 2 is 2.20 bits per heavy atom. The third-order valence-electron chi connectivity index (χ3n) is 5.84. The van der Waals surface area contributed by atoms with Gasteiger partial charge in [-0.3, -0.25) is 9.78 Å². The van der Waals surface area contributed by atoms with E-state index in [1.807, 2.05) is 23.4 Å². The molecule has 2 aromatic heterocycles. The molecule has 5 heteroatoms. The summed E-state index contributed by atoms with van der Waals surface area (Å²) in [5.41, 5.74) is 1.72. The maximum Gasteiger partial charge on any atom is 0.289 e. The van der Waals surface area contributed by atoms with Crippen LogP contribution in [0.3, 0.4) is 0 Å². The summed E-state index contributed by atoms with van der Waals surface area (Å²) in [6.07, 6.45) is 8.85. The normalized spacial score (nSPS) is 21.7. The second-order valence-electron chi connectivity index (χ2n) is 7.59. The van der Waals surface area contributed by atoms with E-state index in [1.165, 1.54) is 12.0 Å². The zero-order chi connectivity index (χ0) is 17.3. The molecule has 3 heterocycles. The van der Waals surface area contributed by atoms with Crippen molar-refractivity contribution in [1.82, 2.24) is 14.8 Å². The van der Waals surface area contributed by atoms with Crippen LogP contribution in [0, 0.1) is 11.3 Å². The highest BCUT2D eigenvalue weighted by Crippen LogP contribution is 2.59. The van der Waals surface area contributed by atoms with Crippen LogP contribution in [-0.2, 0) is 6.54 Å². The van der Waals surface area contributed by atoms with Crippen LogP contribution in [-0.4, -0.2) is 47.4 Å². The highest BCUT2D eigenvalue weighted by atomic mass is 16.3. The van der Waals surface area contributed by atoms with Crippen molar-refractivity contribution in [3.8, 4) is 0 Å². The van der Waals surface area contributed by atoms with E-state index < -0.39 is 0 Å². The quantitative estimate of drug-likeness (QED) is 0.840. The largest absolute Gasteiger partial charge is 0.459 e. The molecule has 0 aromatic carbocycles. The molecule has 4 rings (SSSR count). The summed E-state index contributed by atoms with van der Waals surface area (Å²) in [6.45, 7) is 3.77. The average molecular weight is 339 g/mol. The summed E-state index contributed by atoms with van der Waals surface area (Å²) in [4.78, 5) is 20.9. The summed E-state index contributed by atoms with van der Waals surface area (Å²) in [5.74, 6) is 1.25. The van der Waals surface area contributed by atoms with E-state index in [0.29, 0.717) is 11.2 Å². The van der Waals surface area contributed by atoms with Gasteiger partial charge in [-0.15, -0.1) is 0 Å². The molecule has 1 amide bonds. The SMILES string of the molecule is CN(Cc1cccnc1)C[C@H]1CC12CCN(C(=O)c1ccco1)CC2. The molecule has 2 fully saturated rings. The van der Waals surface area contributed by atoms with Crippen molar-refractivity contribution in [2.45, 2.75) is 25.8 Å². The zero-order valence-electron chi connectivity index (χ0n) is 14.7. The predicted octanol–water partition coefficient (Wildman–Crippen LogP) is 3.05. The first-order valence-corrected chi connectivity index (χ1v) is 9.06. The molecule has 132 valence electrons. The smallest absolute Gasteiger partial charge is 0.289 e. The first-order valence-electron chi connectivity index (χ1n) is 9.06. The predicted molar refractivity (Wildman–Crippen MR) is 95.0 cm³/mol. The number of likely N-dealkylation sites (tertiary alicyclic amines) is 1. The monoisotopic (exact) mass is 339 g/mol. The van der Waals surface area contributed by atoms with Crippen molar-refractivity contribution in [3.63, 3.8) is 0 Å². The van der Waals surface area contributed by atoms with Crippen molar-refractivity contribution in [1.29, 1.82) is 0 Å². The lowest BCUT2D eigenvalue weighted by molar-refractivity contribution is 0.0632. The average Bonchev–Trinajstić information content (AvgIpc) is 3.04. The van der Waals surface area contributed by atoms with E-state index in [4.69, 9.17) is 4.42 Å². The topological polar surface area (TPSA) is 49.6 Å². The number of piperidine rings is 1. The molecule has 0 bridgehead atoms. The summed E-state index contributed by atoms with van der Waals surface area (Å²) < 4.78 is 5.24. The van der Waals surface area contributed by atoms with Gasteiger partial charge in [0, 0.05) is 38.6 Å². The fourth-order valence-corrected chi connectivity index (χ4v) is 4.26. The molecule has 0 radical (unpaired) electrons. The van der Waals surface area contributed by atoms with Gasteiger partial charge in [-0.1, -0.05) is 6.07 Å². The zero-order valence-corrected chi connectivity index (χ0v) is 14.7. The van der Waals surface area contributed by atoms with Gasteiger partial charge < -0.3 is 14.2 Å². The molecule has 2 aliphatic rings. The van der Waals surface area contributed by atoms with Crippen molar-refractivity contribution in [2.24, 2.45) is 11.3 Å². The first kappa shape index (κ1) is 16.3. The molecular formula is C20H25N3O2. The minimum atomic E-state index is 0.0331. The Morgan fingerprint density at radius 3 is 2.88 bits per heavy atom. The van der Waals surface area contributed by atoms with E-state index in [9.17, 15) is 4.79 Å². The van der Waals surface area contributed by atoms with Crippen molar-refractivity contribution >= 4 is 5.91 Å². The molecule has 1 spiro atoms. The number of furan rings is 1. The Labute approximate surface area is 148 Å². The van der Waals surface area contributed by atoms with Gasteiger partial charge in [0.25, 0.3) is 5.91 Å². The molecule has 5 nitrogen and oxygen atoms in total. The molecule has 0 unspecified atom stereocenters. The Morgan fingerprint density at radius 1 is 1.36 bits per heavy atom. The summed E-state index contributed by atoms with van der Waals surface area (Å²) in [5, 5.41) is 0. The van der Waals surface area contributed by atoms with Gasteiger partial charge in [-0.2, -0.15) is 0 Å². The molecule has 1 aliphatic heterocycles. The van der Waals surface area contributed by atoms with E-state index in [-0.39, 0.29) is 5.91 Å². The number of rotatable bonds is 5.